The molecule has 0 unspecified atom stereocenters. The minimum atomic E-state index is -0.988. The van der Waals surface area contributed by atoms with Crippen LogP contribution < -0.4 is 22.8 Å². The second kappa shape index (κ2) is 9.03. The third kappa shape index (κ3) is 4.83. The first-order chi connectivity index (χ1) is 14.8. The van der Waals surface area contributed by atoms with Crippen LogP contribution in [0.3, 0.4) is 0 Å². The maximum absolute atomic E-state index is 13.1. The number of hydrogen-bond donors (Lipinski definition) is 2. The van der Waals surface area contributed by atoms with E-state index < -0.39 is 23.7 Å². The van der Waals surface area contributed by atoms with Gasteiger partial charge in [-0.25, -0.2) is 19.1 Å². The van der Waals surface area contributed by atoms with Crippen molar-refractivity contribution in [3.05, 3.63) is 91.2 Å². The van der Waals surface area contributed by atoms with E-state index in [0.717, 1.165) is 15.7 Å². The van der Waals surface area contributed by atoms with Crippen molar-refractivity contribution in [3.8, 4) is 5.75 Å². The van der Waals surface area contributed by atoms with E-state index in [1.807, 2.05) is 31.2 Å². The number of benzene rings is 2. The predicted molar refractivity (Wildman–Crippen MR) is 112 cm³/mol. The Kier molecular flexibility index (Phi) is 6.24. The molecule has 0 bridgehead atoms. The van der Waals surface area contributed by atoms with Gasteiger partial charge in [-0.05, 0) is 36.8 Å². The number of carbonyl (C=O) groups is 1. The highest BCUT2D eigenvalue weighted by Crippen LogP contribution is 2.15. The molecule has 160 valence electrons. The number of nitroso groups, excluding NO2 is 1. The maximum Gasteiger partial charge on any atom is 0.353 e. The van der Waals surface area contributed by atoms with Crippen LogP contribution in [0.25, 0.3) is 0 Å². The molecule has 1 heterocycles. The second-order valence-electron chi connectivity index (χ2n) is 6.82. The van der Waals surface area contributed by atoms with Crippen LogP contribution in [0.5, 0.6) is 5.75 Å². The molecular formula is C20H20N6O5. The lowest BCUT2D eigenvalue weighted by Crippen LogP contribution is -2.57. The molecule has 0 saturated heterocycles. The van der Waals surface area contributed by atoms with Crippen LogP contribution in [0, 0.1) is 11.8 Å². The van der Waals surface area contributed by atoms with E-state index in [2.05, 4.69) is 10.2 Å². The number of carbonyl (C=O) groups excluding carboxylic acids is 1. The van der Waals surface area contributed by atoms with E-state index in [9.17, 15) is 24.4 Å². The molecule has 1 amide bonds. The van der Waals surface area contributed by atoms with Gasteiger partial charge in [0, 0.05) is 11.7 Å². The number of aryl methyl sites for hydroxylation is 1. The Morgan fingerprint density at radius 3 is 2.26 bits per heavy atom. The minimum Gasteiger partial charge on any atom is -0.508 e. The molecule has 2 aromatic carbocycles. The third-order valence-corrected chi connectivity index (χ3v) is 4.55. The summed E-state index contributed by atoms with van der Waals surface area (Å²) < 4.78 is 2.64. The van der Waals surface area contributed by atoms with Gasteiger partial charge < -0.3 is 10.9 Å². The Labute approximate surface area is 175 Å². The van der Waals surface area contributed by atoms with Crippen molar-refractivity contribution in [1.29, 1.82) is 0 Å². The number of nitrogens with zero attached hydrogens (tertiary/aromatic N) is 5. The second-order valence-corrected chi connectivity index (χ2v) is 6.82. The van der Waals surface area contributed by atoms with Crippen LogP contribution in [0.2, 0.25) is 0 Å². The molecule has 0 aliphatic heterocycles. The van der Waals surface area contributed by atoms with Gasteiger partial charge in [-0.15, -0.1) is 4.91 Å². The monoisotopic (exact) mass is 424 g/mol. The van der Waals surface area contributed by atoms with Crippen molar-refractivity contribution < 1.29 is 9.90 Å². The number of hydrogen-bond acceptors (Lipinski definition) is 7. The number of phenolic OH excluding ortho intramolecular Hbond substituents is 1. The van der Waals surface area contributed by atoms with Gasteiger partial charge in [-0.1, -0.05) is 29.8 Å². The van der Waals surface area contributed by atoms with Gasteiger partial charge in [0.05, 0.1) is 18.7 Å². The molecule has 0 aliphatic rings. The molecule has 3 aromatic rings. The van der Waals surface area contributed by atoms with Crippen molar-refractivity contribution >= 4 is 11.6 Å². The van der Waals surface area contributed by atoms with Crippen LogP contribution in [-0.4, -0.2) is 24.8 Å². The number of aromatic nitrogens is 3. The van der Waals surface area contributed by atoms with Crippen molar-refractivity contribution in [2.24, 2.45) is 10.2 Å². The molecule has 31 heavy (non-hydrogen) atoms. The standard InChI is InChI=1S/C20H20N6O5/c1-13-2-4-14(5-3-13)12-25-18(22-15-6-8-16(27)9-7-15)26(21)20(30)24(19(25)29)11-10-17(28)23-31/h2-9,27H,10-12,21H2,1H3/b22-18-. The van der Waals surface area contributed by atoms with E-state index in [1.54, 1.807) is 0 Å². The predicted octanol–water partition coefficient (Wildman–Crippen LogP) is 0.503. The Hall–Kier alpha value is -4.28. The SMILES string of the molecule is Cc1ccc(Cn2c(=O)n(CCC(=O)N=O)c(=O)n(N)/c2=N\c2ccc(O)cc2)cc1. The van der Waals surface area contributed by atoms with Crippen LogP contribution in [0.1, 0.15) is 17.5 Å². The average Bonchev–Trinajstić information content (AvgIpc) is 2.77. The maximum atomic E-state index is 13.1. The molecular weight excluding hydrogens is 404 g/mol. The summed E-state index contributed by atoms with van der Waals surface area (Å²) in [5, 5.41) is 11.7. The third-order valence-electron chi connectivity index (χ3n) is 4.55. The minimum absolute atomic E-state index is 0.0282. The lowest BCUT2D eigenvalue weighted by Gasteiger charge is -2.13. The van der Waals surface area contributed by atoms with Crippen LogP contribution in [0.15, 0.2) is 68.3 Å². The fourth-order valence-electron chi connectivity index (χ4n) is 2.87. The summed E-state index contributed by atoms with van der Waals surface area (Å²) in [6.45, 7) is 1.62. The highest BCUT2D eigenvalue weighted by molar-refractivity contribution is 5.76. The van der Waals surface area contributed by atoms with E-state index in [0.29, 0.717) is 10.4 Å². The van der Waals surface area contributed by atoms with Crippen molar-refractivity contribution in [2.45, 2.75) is 26.4 Å². The number of aromatic hydroxyl groups is 1. The van der Waals surface area contributed by atoms with Crippen molar-refractivity contribution in [3.63, 3.8) is 0 Å². The number of phenols is 1. The Bertz CT molecular complexity index is 1300. The Morgan fingerprint density at radius 2 is 1.65 bits per heavy atom. The molecule has 1 aromatic heterocycles. The zero-order chi connectivity index (χ0) is 22.5. The number of nitrogen functional groups attached to an aromatic ring is 1. The summed E-state index contributed by atoms with van der Waals surface area (Å²) in [6.07, 6.45) is -0.419. The zero-order valence-corrected chi connectivity index (χ0v) is 16.6. The van der Waals surface area contributed by atoms with E-state index in [1.165, 1.54) is 28.8 Å². The van der Waals surface area contributed by atoms with E-state index in [-0.39, 0.29) is 24.5 Å². The van der Waals surface area contributed by atoms with Gasteiger partial charge in [0.25, 0.3) is 5.91 Å². The van der Waals surface area contributed by atoms with Crippen LogP contribution >= 0.6 is 0 Å². The normalized spacial score (nSPS) is 11.5. The van der Waals surface area contributed by atoms with Gasteiger partial charge in [0.2, 0.25) is 5.62 Å². The largest absolute Gasteiger partial charge is 0.508 e. The summed E-state index contributed by atoms with van der Waals surface area (Å²) in [5.41, 5.74) is 0.364. The van der Waals surface area contributed by atoms with Gasteiger partial charge >= 0.3 is 11.4 Å². The summed E-state index contributed by atoms with van der Waals surface area (Å²) >= 11 is 0. The first-order valence-corrected chi connectivity index (χ1v) is 9.27. The first kappa shape index (κ1) is 21.4. The average molecular weight is 424 g/mol. The summed E-state index contributed by atoms with van der Waals surface area (Å²) in [5.74, 6) is 5.00. The fourth-order valence-corrected chi connectivity index (χ4v) is 2.87. The fraction of sp³-hybridized carbons (Fsp3) is 0.200. The van der Waals surface area contributed by atoms with E-state index in [4.69, 9.17) is 5.84 Å². The van der Waals surface area contributed by atoms with Gasteiger partial charge in [-0.3, -0.25) is 9.36 Å². The Morgan fingerprint density at radius 1 is 1.00 bits per heavy atom. The Balaban J connectivity index is 2.22. The lowest BCUT2D eigenvalue weighted by atomic mass is 10.1. The quantitative estimate of drug-likeness (QED) is 0.434. The van der Waals surface area contributed by atoms with Crippen LogP contribution in [0.4, 0.5) is 5.69 Å². The highest BCUT2D eigenvalue weighted by atomic mass is 16.3. The van der Waals surface area contributed by atoms with Gasteiger partial charge in [0.1, 0.15) is 5.75 Å². The number of nitrogens with two attached hydrogens (primary N) is 1. The molecule has 3 N–H and O–H groups in total. The molecule has 0 radical (unpaired) electrons. The summed E-state index contributed by atoms with van der Waals surface area (Å²) in [7, 11) is 0. The van der Waals surface area contributed by atoms with E-state index >= 15 is 0 Å². The lowest BCUT2D eigenvalue weighted by molar-refractivity contribution is -0.118. The van der Waals surface area contributed by atoms with Gasteiger partial charge in [-0.2, -0.15) is 4.68 Å². The molecule has 11 heteroatoms. The van der Waals surface area contributed by atoms with Crippen molar-refractivity contribution in [2.75, 3.05) is 5.84 Å². The van der Waals surface area contributed by atoms with Crippen molar-refractivity contribution in [1.82, 2.24) is 13.8 Å². The molecule has 0 saturated carbocycles. The molecule has 0 fully saturated rings. The number of rotatable bonds is 6. The van der Waals surface area contributed by atoms with Crippen LogP contribution in [-0.2, 0) is 17.9 Å². The molecule has 0 aliphatic carbocycles. The smallest absolute Gasteiger partial charge is 0.353 e. The highest BCUT2D eigenvalue weighted by Gasteiger charge is 2.15. The molecule has 11 nitrogen and oxygen atoms in total. The molecule has 0 spiro atoms. The van der Waals surface area contributed by atoms with Gasteiger partial charge in [0.15, 0.2) is 0 Å². The summed E-state index contributed by atoms with van der Waals surface area (Å²) in [4.78, 5) is 51.7. The molecule has 3 rings (SSSR count). The number of amides is 1. The summed E-state index contributed by atoms with van der Waals surface area (Å²) in [6, 6.07) is 13.2. The zero-order valence-electron chi connectivity index (χ0n) is 16.6. The first-order valence-electron chi connectivity index (χ1n) is 9.27. The topological polar surface area (TPSA) is 154 Å². The molecule has 0 atom stereocenters.